The number of hydrogen-bond acceptors (Lipinski definition) is 1. The van der Waals surface area contributed by atoms with Crippen LogP contribution in [0.4, 0.5) is 48.4 Å². The summed E-state index contributed by atoms with van der Waals surface area (Å²) in [6.07, 6.45) is 0.720. The second-order valence-corrected chi connectivity index (χ2v) is 12.4. The van der Waals surface area contributed by atoms with Crippen LogP contribution in [0.5, 0.6) is 0 Å². The van der Waals surface area contributed by atoms with Crippen molar-refractivity contribution in [2.24, 2.45) is 4.99 Å². The van der Waals surface area contributed by atoms with Crippen molar-refractivity contribution in [3.63, 3.8) is 0 Å². The molecule has 33 heavy (non-hydrogen) atoms. The zero-order chi connectivity index (χ0) is 26.1. The van der Waals surface area contributed by atoms with E-state index in [9.17, 15) is 37.0 Å². The van der Waals surface area contributed by atoms with E-state index in [4.69, 9.17) is 18.6 Å². The maximum atomic E-state index is 14.0. The van der Waals surface area contributed by atoms with Crippen LogP contribution in [0.25, 0.3) is 5.32 Å². The molecule has 0 fully saturated rings. The minimum atomic E-state index is -11.1. The third kappa shape index (κ3) is 7.20. The molecule has 0 aliphatic rings. The summed E-state index contributed by atoms with van der Waals surface area (Å²) >= 11 is -0.556. The molecule has 0 bridgehead atoms. The van der Waals surface area contributed by atoms with Gasteiger partial charge in [-0.15, -0.1) is 12.7 Å². The van der Waals surface area contributed by atoms with Gasteiger partial charge in [-0.25, -0.2) is 22.6 Å². The second-order valence-electron chi connectivity index (χ2n) is 7.45. The van der Waals surface area contributed by atoms with Crippen molar-refractivity contribution < 1.29 is 54.0 Å². The molecular formula is C18H16Cl2F9N2STi-. The molecule has 0 spiro atoms. The van der Waals surface area contributed by atoms with Gasteiger partial charge in [0, 0.05) is 6.21 Å². The van der Waals surface area contributed by atoms with Crippen molar-refractivity contribution in [1.82, 2.24) is 0 Å². The molecule has 0 saturated carbocycles. The van der Waals surface area contributed by atoms with Crippen molar-refractivity contribution in [1.29, 1.82) is 0 Å². The first kappa shape index (κ1) is 30.0. The number of benzene rings is 2. The van der Waals surface area contributed by atoms with Crippen LogP contribution in [-0.2, 0) is 22.4 Å². The van der Waals surface area contributed by atoms with Crippen LogP contribution in [0.1, 0.15) is 31.9 Å². The average Bonchev–Trinajstić information content (AvgIpc) is 2.64. The summed E-state index contributed by atoms with van der Waals surface area (Å²) in [5.74, 6) is -11.9. The van der Waals surface area contributed by atoms with E-state index in [0.29, 0.717) is 11.3 Å². The molecule has 2 aromatic rings. The predicted octanol–water partition coefficient (Wildman–Crippen LogP) is 9.96. The standard InChI is InChI=1S/C18H16F9N2S.2ClH.Ti/c1-18(2,3)10-7-5-6-9(15(10)28-4)8-29-16-11(19)13(21)17(14(22)12(16)20)30(23,24,25,26)27;;;/h5-8H,1-4H3;2*1H;/q-1;;;+2/p-2. The number of halogens is 11. The van der Waals surface area contributed by atoms with Gasteiger partial charge in [-0.05, 0) is 11.0 Å². The number of para-hydroxylation sites is 1. The number of rotatable bonds is 4. The van der Waals surface area contributed by atoms with Gasteiger partial charge in [-0.3, -0.25) is 0 Å². The summed E-state index contributed by atoms with van der Waals surface area (Å²) in [7, 11) is 0.113. The maximum absolute atomic E-state index is 14.0. The Labute approximate surface area is 201 Å². The van der Waals surface area contributed by atoms with Crippen LogP contribution in [0, 0.1) is 23.3 Å². The molecule has 0 amide bonds. The molecule has 0 aliphatic carbocycles. The molecule has 0 saturated heterocycles. The van der Waals surface area contributed by atoms with E-state index in [2.05, 4.69) is 10.3 Å². The molecular weight excluding hydrogens is 566 g/mol. The molecule has 186 valence electrons. The third-order valence-electron chi connectivity index (χ3n) is 4.02. The van der Waals surface area contributed by atoms with Gasteiger partial charge in [0.05, 0.1) is 0 Å². The fourth-order valence-corrected chi connectivity index (χ4v) is 3.56. The third-order valence-corrected chi connectivity index (χ3v) is 5.15. The topological polar surface area (TPSA) is 26.5 Å². The Morgan fingerprint density at radius 3 is 1.73 bits per heavy atom. The molecule has 2 aromatic carbocycles. The monoisotopic (exact) mass is 581 g/mol. The van der Waals surface area contributed by atoms with Gasteiger partial charge in [-0.2, -0.15) is 0 Å². The number of nitrogens with zero attached hydrogens (tertiary/aromatic N) is 2. The summed E-state index contributed by atoms with van der Waals surface area (Å²) in [5, 5.41) is 4.02. The van der Waals surface area contributed by atoms with E-state index in [-0.39, 0.29) is 5.56 Å². The average molecular weight is 582 g/mol. The molecule has 0 aliphatic heterocycles. The Hall–Kier alpha value is -1.08. The van der Waals surface area contributed by atoms with Crippen molar-refractivity contribution in [3.8, 4) is 0 Å². The Balaban J connectivity index is 0.00000172. The van der Waals surface area contributed by atoms with Crippen molar-refractivity contribution >= 4 is 46.4 Å². The summed E-state index contributed by atoms with van der Waals surface area (Å²) in [4.78, 5) is -0.703. The van der Waals surface area contributed by atoms with E-state index < -0.39 is 66.5 Å². The van der Waals surface area contributed by atoms with Gasteiger partial charge in [-0.1, -0.05) is 64.0 Å². The molecule has 2 nitrogen and oxygen atoms in total. The zero-order valence-corrected chi connectivity index (χ0v) is 21.2. The second kappa shape index (κ2) is 9.52. The van der Waals surface area contributed by atoms with Gasteiger partial charge in [0.2, 0.25) is 0 Å². The van der Waals surface area contributed by atoms with Crippen LogP contribution in [0.2, 0.25) is 0 Å². The van der Waals surface area contributed by atoms with Gasteiger partial charge in [0.25, 0.3) is 0 Å². The van der Waals surface area contributed by atoms with Crippen molar-refractivity contribution in [3.05, 3.63) is 57.9 Å². The van der Waals surface area contributed by atoms with Crippen LogP contribution >= 0.6 is 28.8 Å². The van der Waals surface area contributed by atoms with Crippen LogP contribution in [0.15, 0.2) is 28.1 Å². The van der Waals surface area contributed by atoms with E-state index in [1.54, 1.807) is 6.07 Å². The molecule has 0 aromatic heterocycles. The number of aliphatic imine (C=N–C) groups is 1. The molecule has 2 rings (SSSR count). The first-order chi connectivity index (χ1) is 14.7. The minimum absolute atomic E-state index is 0.126. The summed E-state index contributed by atoms with van der Waals surface area (Å²) in [5.41, 5.74) is -1.15. The molecule has 0 unspecified atom stereocenters. The quantitative estimate of drug-likeness (QED) is 0.149. The zero-order valence-electron chi connectivity index (χ0n) is 17.3. The Bertz CT molecular complexity index is 1040. The fraction of sp³-hybridized carbons (Fsp3) is 0.278. The Morgan fingerprint density at radius 1 is 0.909 bits per heavy atom. The van der Waals surface area contributed by atoms with E-state index in [0.717, 1.165) is 6.21 Å². The summed E-state index contributed by atoms with van der Waals surface area (Å²) in [6, 6.07) is 4.61. The van der Waals surface area contributed by atoms with Crippen molar-refractivity contribution in [2.75, 3.05) is 7.05 Å². The normalized spacial score (nSPS) is 14.3. The van der Waals surface area contributed by atoms with Gasteiger partial charge in [0.1, 0.15) is 5.69 Å². The predicted molar refractivity (Wildman–Crippen MR) is 111 cm³/mol. The molecule has 0 N–H and O–H groups in total. The van der Waals surface area contributed by atoms with E-state index in [1.165, 1.54) is 19.2 Å². The van der Waals surface area contributed by atoms with E-state index in [1.807, 2.05) is 20.8 Å². The van der Waals surface area contributed by atoms with Crippen LogP contribution < -0.4 is 0 Å². The Kier molecular flexibility index (Phi) is 8.64. The van der Waals surface area contributed by atoms with Gasteiger partial charge < -0.3 is 5.32 Å². The first-order valence-corrected chi connectivity index (χ1v) is 14.8. The molecule has 0 atom stereocenters. The SMILES string of the molecule is C[N-]c1c(C=Nc2c(F)c(F)c(S(F)(F)(F)(F)F)c(F)c2F)cccc1C(C)(C)C.[Cl][Ti][Cl]. The first-order valence-electron chi connectivity index (χ1n) is 8.54. The van der Waals surface area contributed by atoms with Crippen LogP contribution in [-0.4, -0.2) is 13.3 Å². The molecule has 0 radical (unpaired) electrons. The van der Waals surface area contributed by atoms with Gasteiger partial charge in [0.15, 0.2) is 28.2 Å². The molecule has 0 heterocycles. The van der Waals surface area contributed by atoms with Crippen molar-refractivity contribution in [2.45, 2.75) is 31.1 Å². The number of hydrogen-bond donors (Lipinski definition) is 0. The summed E-state index contributed by atoms with van der Waals surface area (Å²) in [6.45, 7) is 5.50. The molecule has 15 heteroatoms. The van der Waals surface area contributed by atoms with Gasteiger partial charge >= 0.3 is 45.9 Å². The van der Waals surface area contributed by atoms with Crippen LogP contribution in [0.3, 0.4) is 0 Å². The van der Waals surface area contributed by atoms with E-state index >= 15 is 0 Å². The fourth-order valence-electron chi connectivity index (χ4n) is 2.71. The summed E-state index contributed by atoms with van der Waals surface area (Å²) < 4.78 is 119. The Morgan fingerprint density at radius 2 is 1.36 bits per heavy atom.